The van der Waals surface area contributed by atoms with Crippen LogP contribution in [0.5, 0.6) is 0 Å². The van der Waals surface area contributed by atoms with E-state index in [4.69, 9.17) is 10.00 Å². The molecule has 5 heteroatoms. The average molecular weight is 311 g/mol. The summed E-state index contributed by atoms with van der Waals surface area (Å²) in [5.41, 5.74) is 1.94. The van der Waals surface area contributed by atoms with Crippen molar-refractivity contribution in [3.05, 3.63) is 41.6 Å². The maximum Gasteiger partial charge on any atom is 0.410 e. The Bertz CT molecular complexity index is 757. The molecule has 0 aliphatic rings. The number of nitriles is 1. The Morgan fingerprint density at radius 3 is 2.70 bits per heavy atom. The van der Waals surface area contributed by atoms with Crippen molar-refractivity contribution < 1.29 is 9.53 Å². The molecule has 1 amide bonds. The normalized spacial score (nSPS) is 11.1. The average Bonchev–Trinajstić information content (AvgIpc) is 2.46. The van der Waals surface area contributed by atoms with Gasteiger partial charge in [-0.05, 0) is 32.4 Å². The molecule has 2 rings (SSSR count). The van der Waals surface area contributed by atoms with Crippen LogP contribution in [0, 0.1) is 11.3 Å². The Morgan fingerprint density at radius 1 is 1.30 bits per heavy atom. The number of para-hydroxylation sites is 1. The van der Waals surface area contributed by atoms with Crippen molar-refractivity contribution in [1.82, 2.24) is 9.88 Å². The molecule has 0 aliphatic heterocycles. The summed E-state index contributed by atoms with van der Waals surface area (Å²) in [7, 11) is 1.68. The Balaban J connectivity index is 2.22. The van der Waals surface area contributed by atoms with E-state index >= 15 is 0 Å². The van der Waals surface area contributed by atoms with Gasteiger partial charge in [-0.3, -0.25) is 4.98 Å². The molecule has 0 aliphatic carbocycles. The molecule has 0 atom stereocenters. The van der Waals surface area contributed by atoms with Gasteiger partial charge in [0.2, 0.25) is 0 Å². The highest BCUT2D eigenvalue weighted by Crippen LogP contribution is 2.19. The number of rotatable bonds is 3. The predicted molar refractivity (Wildman–Crippen MR) is 88.8 cm³/mol. The second-order valence-corrected chi connectivity index (χ2v) is 6.46. The summed E-state index contributed by atoms with van der Waals surface area (Å²) >= 11 is 0. The topological polar surface area (TPSA) is 66.2 Å². The summed E-state index contributed by atoms with van der Waals surface area (Å²) in [6.07, 6.45) is -0.0694. The zero-order valence-corrected chi connectivity index (χ0v) is 14.0. The van der Waals surface area contributed by atoms with E-state index in [1.807, 2.05) is 51.1 Å². The van der Waals surface area contributed by atoms with Gasteiger partial charge in [-0.25, -0.2) is 4.79 Å². The first-order valence-electron chi connectivity index (χ1n) is 7.49. The number of hydrogen-bond donors (Lipinski definition) is 0. The molecule has 23 heavy (non-hydrogen) atoms. The molecule has 0 radical (unpaired) electrons. The summed E-state index contributed by atoms with van der Waals surface area (Å²) in [5, 5.41) is 9.92. The highest BCUT2D eigenvalue weighted by atomic mass is 16.6. The van der Waals surface area contributed by atoms with Crippen LogP contribution in [0.4, 0.5) is 4.79 Å². The van der Waals surface area contributed by atoms with Crippen LogP contribution in [0.3, 0.4) is 0 Å². The number of benzene rings is 1. The molecule has 0 spiro atoms. The third-order valence-corrected chi connectivity index (χ3v) is 3.24. The number of pyridine rings is 1. The van der Waals surface area contributed by atoms with Crippen LogP contribution in [0.2, 0.25) is 0 Å². The lowest BCUT2D eigenvalue weighted by Crippen LogP contribution is -2.34. The highest BCUT2D eigenvalue weighted by Gasteiger charge is 2.20. The van der Waals surface area contributed by atoms with E-state index in [0.717, 1.165) is 22.2 Å². The number of amides is 1. The van der Waals surface area contributed by atoms with Gasteiger partial charge in [0, 0.05) is 12.4 Å². The number of aromatic nitrogens is 1. The van der Waals surface area contributed by atoms with Gasteiger partial charge in [0.05, 0.1) is 30.2 Å². The van der Waals surface area contributed by atoms with Gasteiger partial charge in [-0.1, -0.05) is 24.3 Å². The molecule has 0 unspecified atom stereocenters. The fraction of sp³-hybridized carbons (Fsp3) is 0.389. The molecule has 0 saturated carbocycles. The second kappa shape index (κ2) is 6.66. The molecule has 0 bridgehead atoms. The quantitative estimate of drug-likeness (QED) is 0.867. The lowest BCUT2D eigenvalue weighted by Gasteiger charge is -2.24. The molecular weight excluding hydrogens is 290 g/mol. The maximum atomic E-state index is 12.0. The summed E-state index contributed by atoms with van der Waals surface area (Å²) in [4.78, 5) is 18.1. The van der Waals surface area contributed by atoms with Crippen molar-refractivity contribution in [2.24, 2.45) is 0 Å². The Labute approximate surface area is 136 Å². The molecule has 120 valence electrons. The Morgan fingerprint density at radius 2 is 2.04 bits per heavy atom. The van der Waals surface area contributed by atoms with Gasteiger partial charge < -0.3 is 9.64 Å². The van der Waals surface area contributed by atoms with Crippen molar-refractivity contribution in [1.29, 1.82) is 5.26 Å². The SMILES string of the molecule is CN(Cc1ccc2cccc(CC#N)c2n1)C(=O)OC(C)(C)C. The van der Waals surface area contributed by atoms with Gasteiger partial charge in [0.15, 0.2) is 0 Å². The van der Waals surface area contributed by atoms with Crippen molar-refractivity contribution in [3.63, 3.8) is 0 Å². The number of fused-ring (bicyclic) bond motifs is 1. The monoisotopic (exact) mass is 311 g/mol. The molecule has 1 heterocycles. The minimum atomic E-state index is -0.526. The third kappa shape index (κ3) is 4.43. The van der Waals surface area contributed by atoms with Crippen LogP contribution in [0.15, 0.2) is 30.3 Å². The fourth-order valence-electron chi connectivity index (χ4n) is 2.21. The molecule has 1 aromatic heterocycles. The minimum Gasteiger partial charge on any atom is -0.444 e. The van der Waals surface area contributed by atoms with Crippen LogP contribution in [0.25, 0.3) is 10.9 Å². The van der Waals surface area contributed by atoms with Crippen LogP contribution in [-0.2, 0) is 17.7 Å². The van der Waals surface area contributed by atoms with Gasteiger partial charge in [-0.2, -0.15) is 5.26 Å². The van der Waals surface area contributed by atoms with E-state index in [0.29, 0.717) is 13.0 Å². The molecule has 0 saturated heterocycles. The predicted octanol–water partition coefficient (Wildman–Crippen LogP) is 3.67. The largest absolute Gasteiger partial charge is 0.444 e. The van der Waals surface area contributed by atoms with Crippen LogP contribution < -0.4 is 0 Å². The number of hydrogen-bond acceptors (Lipinski definition) is 4. The van der Waals surface area contributed by atoms with Gasteiger partial charge in [0.25, 0.3) is 0 Å². The van der Waals surface area contributed by atoms with Crippen molar-refractivity contribution in [3.8, 4) is 6.07 Å². The molecule has 5 nitrogen and oxygen atoms in total. The van der Waals surface area contributed by atoms with Crippen LogP contribution in [0.1, 0.15) is 32.0 Å². The van der Waals surface area contributed by atoms with Crippen molar-refractivity contribution in [2.45, 2.75) is 39.3 Å². The zero-order chi connectivity index (χ0) is 17.0. The van der Waals surface area contributed by atoms with E-state index in [1.54, 1.807) is 7.05 Å². The fourth-order valence-corrected chi connectivity index (χ4v) is 2.21. The highest BCUT2D eigenvalue weighted by molar-refractivity contribution is 5.82. The molecule has 0 fully saturated rings. The minimum absolute atomic E-state index is 0.315. The lowest BCUT2D eigenvalue weighted by atomic mass is 10.1. The van der Waals surface area contributed by atoms with E-state index < -0.39 is 5.60 Å². The number of carbonyl (C=O) groups is 1. The Hall–Kier alpha value is -2.61. The van der Waals surface area contributed by atoms with E-state index in [1.165, 1.54) is 4.90 Å². The smallest absolute Gasteiger partial charge is 0.410 e. The van der Waals surface area contributed by atoms with Gasteiger partial charge >= 0.3 is 6.09 Å². The summed E-state index contributed by atoms with van der Waals surface area (Å²) < 4.78 is 5.34. The first-order chi connectivity index (χ1) is 10.8. The summed E-state index contributed by atoms with van der Waals surface area (Å²) in [6, 6.07) is 11.8. The second-order valence-electron chi connectivity index (χ2n) is 6.46. The molecule has 2 aromatic rings. The number of nitrogens with zero attached hydrogens (tertiary/aromatic N) is 3. The molecular formula is C18H21N3O2. The first kappa shape index (κ1) is 16.8. The Kier molecular flexibility index (Phi) is 4.85. The van der Waals surface area contributed by atoms with Crippen molar-refractivity contribution in [2.75, 3.05) is 7.05 Å². The molecule has 0 N–H and O–H groups in total. The van der Waals surface area contributed by atoms with Crippen LogP contribution in [-0.4, -0.2) is 28.6 Å². The van der Waals surface area contributed by atoms with Crippen molar-refractivity contribution >= 4 is 17.0 Å². The maximum absolute atomic E-state index is 12.0. The van der Waals surface area contributed by atoms with Gasteiger partial charge in [-0.15, -0.1) is 0 Å². The first-order valence-corrected chi connectivity index (χ1v) is 7.49. The van der Waals surface area contributed by atoms with Crippen LogP contribution >= 0.6 is 0 Å². The van der Waals surface area contributed by atoms with E-state index in [-0.39, 0.29) is 6.09 Å². The summed E-state index contributed by atoms with van der Waals surface area (Å²) in [5.74, 6) is 0. The molecule has 1 aromatic carbocycles. The standard InChI is InChI=1S/C18H21N3O2/c1-18(2,3)23-17(22)21(4)12-15-9-8-13-6-5-7-14(10-11-19)16(13)20-15/h5-9H,10,12H2,1-4H3. The zero-order valence-electron chi connectivity index (χ0n) is 14.0. The van der Waals surface area contributed by atoms with E-state index in [2.05, 4.69) is 11.1 Å². The lowest BCUT2D eigenvalue weighted by molar-refractivity contribution is 0.0283. The third-order valence-electron chi connectivity index (χ3n) is 3.24. The number of carbonyl (C=O) groups excluding carboxylic acids is 1. The van der Waals surface area contributed by atoms with E-state index in [9.17, 15) is 4.79 Å². The number of ether oxygens (including phenoxy) is 1. The summed E-state index contributed by atoms with van der Waals surface area (Å²) in [6.45, 7) is 5.86. The van der Waals surface area contributed by atoms with Gasteiger partial charge in [0.1, 0.15) is 5.60 Å².